The van der Waals surface area contributed by atoms with Crippen LogP contribution >= 0.6 is 0 Å². The van der Waals surface area contributed by atoms with Crippen LogP contribution in [0.5, 0.6) is 0 Å². The average molecular weight is 271 g/mol. The van der Waals surface area contributed by atoms with E-state index in [4.69, 9.17) is 21.5 Å². The maximum absolute atomic E-state index is 6.10. The van der Waals surface area contributed by atoms with E-state index in [1.54, 1.807) is 0 Å². The van der Waals surface area contributed by atoms with Gasteiger partial charge >= 0.3 is 7.12 Å². The van der Waals surface area contributed by atoms with E-state index in [-0.39, 0.29) is 11.2 Å². The van der Waals surface area contributed by atoms with Crippen LogP contribution in [0.4, 0.5) is 0 Å². The van der Waals surface area contributed by atoms with E-state index >= 15 is 0 Å². The van der Waals surface area contributed by atoms with Crippen LogP contribution in [0.2, 0.25) is 0 Å². The highest BCUT2D eigenvalue weighted by Gasteiger charge is 2.52. The Bertz CT molecular complexity index is 557. The molecule has 2 N–H and O–H groups in total. The number of hydrogen-bond acceptors (Lipinski definition) is 3. The molecule has 1 saturated heterocycles. The van der Waals surface area contributed by atoms with Crippen LogP contribution in [0.1, 0.15) is 44.4 Å². The summed E-state index contributed by atoms with van der Waals surface area (Å²) >= 11 is 0. The molecular formula is C16H22BNO2. The van der Waals surface area contributed by atoms with Crippen molar-refractivity contribution in [2.24, 2.45) is 5.73 Å². The van der Waals surface area contributed by atoms with Gasteiger partial charge in [-0.3, -0.25) is 0 Å². The molecule has 1 aromatic rings. The predicted octanol–water partition coefficient (Wildman–Crippen LogP) is 1.73. The molecule has 4 heteroatoms. The molecule has 3 nitrogen and oxygen atoms in total. The second-order valence-corrected chi connectivity index (χ2v) is 6.29. The Labute approximate surface area is 122 Å². The molecule has 1 fully saturated rings. The first-order valence-electron chi connectivity index (χ1n) is 6.87. The maximum Gasteiger partial charge on any atom is 0.495 e. The fourth-order valence-electron chi connectivity index (χ4n) is 2.28. The Morgan fingerprint density at radius 2 is 1.75 bits per heavy atom. The standard InChI is InChI=1S/C16H22BNO2/c1-7-13-8-12(10-18)9-14(11(13)2)17-19-15(3,4)16(5,6)20-17/h1,8-9H,10,18H2,2-6H3. The molecule has 0 saturated carbocycles. The maximum atomic E-state index is 6.10. The van der Waals surface area contributed by atoms with E-state index < -0.39 is 7.12 Å². The Hall–Kier alpha value is -1.28. The van der Waals surface area contributed by atoms with Crippen LogP contribution in [0, 0.1) is 19.3 Å². The molecule has 0 radical (unpaired) electrons. The van der Waals surface area contributed by atoms with E-state index in [2.05, 4.69) is 5.92 Å². The lowest BCUT2D eigenvalue weighted by molar-refractivity contribution is 0.00578. The lowest BCUT2D eigenvalue weighted by Crippen LogP contribution is -2.41. The van der Waals surface area contributed by atoms with E-state index in [9.17, 15) is 0 Å². The summed E-state index contributed by atoms with van der Waals surface area (Å²) in [4.78, 5) is 0. The largest absolute Gasteiger partial charge is 0.495 e. The Kier molecular flexibility index (Phi) is 3.72. The van der Waals surface area contributed by atoms with Gasteiger partial charge in [0.2, 0.25) is 0 Å². The van der Waals surface area contributed by atoms with Crippen molar-refractivity contribution >= 4 is 12.6 Å². The second-order valence-electron chi connectivity index (χ2n) is 6.29. The summed E-state index contributed by atoms with van der Waals surface area (Å²) in [5, 5.41) is 0. The van der Waals surface area contributed by atoms with E-state index in [0.29, 0.717) is 6.54 Å². The van der Waals surface area contributed by atoms with Gasteiger partial charge in [0.1, 0.15) is 0 Å². The van der Waals surface area contributed by atoms with Gasteiger partial charge in [-0.15, -0.1) is 6.42 Å². The Morgan fingerprint density at radius 3 is 2.20 bits per heavy atom. The molecular weight excluding hydrogens is 249 g/mol. The smallest absolute Gasteiger partial charge is 0.399 e. The van der Waals surface area contributed by atoms with Crippen molar-refractivity contribution in [3.63, 3.8) is 0 Å². The van der Waals surface area contributed by atoms with Gasteiger partial charge in [0.25, 0.3) is 0 Å². The molecule has 106 valence electrons. The molecule has 2 rings (SSSR count). The van der Waals surface area contributed by atoms with Crippen LogP contribution < -0.4 is 11.2 Å². The molecule has 0 spiro atoms. The highest BCUT2D eigenvalue weighted by atomic mass is 16.7. The number of hydrogen-bond donors (Lipinski definition) is 1. The third kappa shape index (κ3) is 2.38. The summed E-state index contributed by atoms with van der Waals surface area (Å²) in [6, 6.07) is 3.97. The fraction of sp³-hybridized carbons (Fsp3) is 0.500. The van der Waals surface area contributed by atoms with E-state index in [1.807, 2.05) is 46.8 Å². The van der Waals surface area contributed by atoms with Crippen molar-refractivity contribution in [2.75, 3.05) is 0 Å². The summed E-state index contributed by atoms with van der Waals surface area (Å²) in [5.74, 6) is 2.71. The molecule has 0 aromatic heterocycles. The van der Waals surface area contributed by atoms with Gasteiger partial charge in [-0.1, -0.05) is 12.0 Å². The second kappa shape index (κ2) is 4.93. The molecule has 0 aliphatic carbocycles. The van der Waals surface area contributed by atoms with Gasteiger partial charge in [-0.2, -0.15) is 0 Å². The first kappa shape index (κ1) is 15.1. The molecule has 0 atom stereocenters. The van der Waals surface area contributed by atoms with Gasteiger partial charge < -0.3 is 15.0 Å². The normalized spacial score (nSPS) is 19.9. The first-order valence-corrected chi connectivity index (χ1v) is 6.87. The predicted molar refractivity (Wildman–Crippen MR) is 82.7 cm³/mol. The van der Waals surface area contributed by atoms with Crippen LogP contribution in [0.25, 0.3) is 0 Å². The zero-order valence-electron chi connectivity index (χ0n) is 12.9. The van der Waals surface area contributed by atoms with Gasteiger partial charge in [-0.25, -0.2) is 0 Å². The van der Waals surface area contributed by atoms with Crippen LogP contribution in [0.3, 0.4) is 0 Å². The minimum atomic E-state index is -0.404. The third-order valence-corrected chi connectivity index (χ3v) is 4.41. The average Bonchev–Trinajstić information content (AvgIpc) is 2.58. The van der Waals surface area contributed by atoms with E-state index in [1.165, 1.54) is 0 Å². The van der Waals surface area contributed by atoms with Crippen LogP contribution in [-0.4, -0.2) is 18.3 Å². The van der Waals surface area contributed by atoms with Gasteiger partial charge in [0.15, 0.2) is 0 Å². The third-order valence-electron chi connectivity index (χ3n) is 4.41. The monoisotopic (exact) mass is 271 g/mol. The van der Waals surface area contributed by atoms with Crippen molar-refractivity contribution in [1.29, 1.82) is 0 Å². The van der Waals surface area contributed by atoms with Crippen molar-refractivity contribution in [3.8, 4) is 12.3 Å². The molecule has 1 aliphatic rings. The molecule has 1 aromatic carbocycles. The zero-order valence-corrected chi connectivity index (χ0v) is 12.9. The van der Waals surface area contributed by atoms with Crippen molar-refractivity contribution < 1.29 is 9.31 Å². The summed E-state index contributed by atoms with van der Waals surface area (Å²) in [6.07, 6.45) is 5.58. The number of terminal acetylenes is 1. The topological polar surface area (TPSA) is 44.5 Å². The van der Waals surface area contributed by atoms with Crippen LogP contribution in [0.15, 0.2) is 12.1 Å². The number of benzene rings is 1. The van der Waals surface area contributed by atoms with Gasteiger partial charge in [0.05, 0.1) is 11.2 Å². The van der Waals surface area contributed by atoms with Crippen molar-refractivity contribution in [1.82, 2.24) is 0 Å². The highest BCUT2D eigenvalue weighted by molar-refractivity contribution is 6.62. The molecule has 0 amide bonds. The SMILES string of the molecule is C#Cc1cc(CN)cc(B2OC(C)(C)C(C)(C)O2)c1C. The quantitative estimate of drug-likeness (QED) is 0.658. The van der Waals surface area contributed by atoms with Crippen molar-refractivity contribution in [2.45, 2.75) is 52.4 Å². The minimum absolute atomic E-state index is 0.362. The Morgan fingerprint density at radius 1 is 1.20 bits per heavy atom. The summed E-state index contributed by atoms with van der Waals surface area (Å²) in [7, 11) is -0.404. The summed E-state index contributed by atoms with van der Waals surface area (Å²) < 4.78 is 12.2. The molecule has 0 bridgehead atoms. The summed E-state index contributed by atoms with van der Waals surface area (Å²) in [5.41, 5.74) is 8.85. The van der Waals surface area contributed by atoms with Crippen molar-refractivity contribution in [3.05, 3.63) is 28.8 Å². The molecule has 1 heterocycles. The molecule has 1 aliphatic heterocycles. The minimum Gasteiger partial charge on any atom is -0.399 e. The molecule has 20 heavy (non-hydrogen) atoms. The lowest BCUT2D eigenvalue weighted by atomic mass is 9.74. The fourth-order valence-corrected chi connectivity index (χ4v) is 2.28. The van der Waals surface area contributed by atoms with E-state index in [0.717, 1.165) is 22.2 Å². The summed E-state index contributed by atoms with van der Waals surface area (Å²) in [6.45, 7) is 10.6. The lowest BCUT2D eigenvalue weighted by Gasteiger charge is -2.32. The van der Waals surface area contributed by atoms with Gasteiger partial charge in [0, 0.05) is 12.1 Å². The molecule has 0 unspecified atom stereocenters. The number of nitrogens with two attached hydrogens (primary N) is 1. The Balaban J connectivity index is 2.47. The van der Waals surface area contributed by atoms with Gasteiger partial charge in [-0.05, 0) is 57.3 Å². The first-order chi connectivity index (χ1) is 9.21. The zero-order chi connectivity index (χ0) is 15.1. The van der Waals surface area contributed by atoms with Crippen LogP contribution in [-0.2, 0) is 15.9 Å². The highest BCUT2D eigenvalue weighted by Crippen LogP contribution is 2.36. The number of rotatable bonds is 2.